The quantitative estimate of drug-likeness (QED) is 0.832. The van der Waals surface area contributed by atoms with E-state index in [1.807, 2.05) is 6.07 Å². The van der Waals surface area contributed by atoms with Crippen molar-refractivity contribution in [1.82, 2.24) is 4.72 Å². The van der Waals surface area contributed by atoms with Gasteiger partial charge in [0.2, 0.25) is 10.0 Å². The van der Waals surface area contributed by atoms with Crippen molar-refractivity contribution in [3.05, 3.63) is 40.1 Å². The number of thiophene rings is 1. The van der Waals surface area contributed by atoms with E-state index in [0.717, 1.165) is 16.9 Å². The second-order valence-corrected chi connectivity index (χ2v) is 7.80. The Balaban J connectivity index is 1.82. The van der Waals surface area contributed by atoms with E-state index in [1.54, 1.807) is 12.1 Å². The van der Waals surface area contributed by atoms with Gasteiger partial charge in [-0.15, -0.1) is 11.3 Å². The number of methoxy groups -OCH3 is 1. The predicted octanol–water partition coefficient (Wildman–Crippen LogP) is 1.74. The maximum Gasteiger partial charge on any atom is 0.347 e. The van der Waals surface area contributed by atoms with Crippen molar-refractivity contribution < 1.29 is 27.8 Å². The van der Waals surface area contributed by atoms with Crippen molar-refractivity contribution in [2.24, 2.45) is 0 Å². The van der Waals surface area contributed by atoms with Gasteiger partial charge in [0.25, 0.3) is 0 Å². The Hall–Kier alpha value is -2.10. The van der Waals surface area contributed by atoms with Gasteiger partial charge in [-0.05, 0) is 29.5 Å². The lowest BCUT2D eigenvalue weighted by molar-refractivity contribution is 0.0698. The van der Waals surface area contributed by atoms with Gasteiger partial charge in [-0.2, -0.15) is 0 Å². The Morgan fingerprint density at radius 2 is 2.21 bits per heavy atom. The van der Waals surface area contributed by atoms with Crippen LogP contribution in [0.5, 0.6) is 11.5 Å². The molecule has 0 saturated carbocycles. The zero-order valence-corrected chi connectivity index (χ0v) is 14.3. The topological polar surface area (TPSA) is 102 Å². The van der Waals surface area contributed by atoms with Crippen molar-refractivity contribution in [2.75, 3.05) is 13.7 Å². The molecule has 2 aromatic rings. The molecule has 0 saturated heterocycles. The number of fused-ring (bicyclic) bond motifs is 1. The van der Waals surface area contributed by atoms with Crippen LogP contribution in [0.2, 0.25) is 0 Å². The predicted molar refractivity (Wildman–Crippen MR) is 87.6 cm³/mol. The van der Waals surface area contributed by atoms with E-state index in [-0.39, 0.29) is 16.4 Å². The highest BCUT2D eigenvalue weighted by atomic mass is 32.2. The van der Waals surface area contributed by atoms with E-state index in [9.17, 15) is 13.2 Å². The summed E-state index contributed by atoms with van der Waals surface area (Å²) in [4.78, 5) is 10.7. The van der Waals surface area contributed by atoms with Gasteiger partial charge >= 0.3 is 5.97 Å². The molecule has 1 aromatic heterocycles. The molecule has 0 bridgehead atoms. The molecule has 7 nitrogen and oxygen atoms in total. The van der Waals surface area contributed by atoms with E-state index in [1.165, 1.54) is 18.6 Å². The summed E-state index contributed by atoms with van der Waals surface area (Å²) in [6, 6.07) is 6.21. The van der Waals surface area contributed by atoms with Crippen molar-refractivity contribution >= 4 is 27.3 Å². The largest absolute Gasteiger partial charge is 0.493 e. The Bertz CT molecular complexity index is 874. The number of rotatable bonds is 5. The Morgan fingerprint density at radius 3 is 2.92 bits per heavy atom. The Morgan fingerprint density at radius 1 is 1.42 bits per heavy atom. The van der Waals surface area contributed by atoms with Gasteiger partial charge in [0.1, 0.15) is 16.4 Å². The molecular formula is C15H15NO6S2. The first-order valence-corrected chi connectivity index (χ1v) is 9.40. The number of benzene rings is 1. The SMILES string of the molecule is COc1cccc2c1OCC(NS(=O)(=O)c1ccsc1C(=O)O)C2. The maximum absolute atomic E-state index is 12.5. The lowest BCUT2D eigenvalue weighted by Gasteiger charge is -2.27. The van der Waals surface area contributed by atoms with Crippen LogP contribution in [0.3, 0.4) is 0 Å². The third kappa shape index (κ3) is 3.10. The number of sulfonamides is 1. The number of nitrogens with one attached hydrogen (secondary N) is 1. The summed E-state index contributed by atoms with van der Waals surface area (Å²) in [5.74, 6) is -0.0580. The van der Waals surface area contributed by atoms with Crippen molar-refractivity contribution in [1.29, 1.82) is 0 Å². The number of hydrogen-bond acceptors (Lipinski definition) is 6. The van der Waals surface area contributed by atoms with Gasteiger partial charge in [0.15, 0.2) is 11.5 Å². The number of carboxylic acid groups (broad SMARTS) is 1. The van der Waals surface area contributed by atoms with E-state index in [2.05, 4.69) is 4.72 Å². The second kappa shape index (κ2) is 6.42. The summed E-state index contributed by atoms with van der Waals surface area (Å²) in [5, 5.41) is 10.5. The molecule has 0 fully saturated rings. The van der Waals surface area contributed by atoms with Crippen LogP contribution in [0, 0.1) is 0 Å². The van der Waals surface area contributed by atoms with Crippen LogP contribution >= 0.6 is 11.3 Å². The monoisotopic (exact) mass is 369 g/mol. The molecule has 3 rings (SSSR count). The normalized spacial score (nSPS) is 17.0. The zero-order valence-electron chi connectivity index (χ0n) is 12.7. The minimum Gasteiger partial charge on any atom is -0.493 e. The molecule has 0 radical (unpaired) electrons. The summed E-state index contributed by atoms with van der Waals surface area (Å²) >= 11 is 0.874. The highest BCUT2D eigenvalue weighted by molar-refractivity contribution is 7.89. The summed E-state index contributed by atoms with van der Waals surface area (Å²) < 4.78 is 38.3. The molecular weight excluding hydrogens is 354 g/mol. The molecule has 1 aromatic carbocycles. The van der Waals surface area contributed by atoms with Crippen LogP contribution in [0.1, 0.15) is 15.2 Å². The highest BCUT2D eigenvalue weighted by Crippen LogP contribution is 2.35. The van der Waals surface area contributed by atoms with Gasteiger partial charge in [0.05, 0.1) is 13.2 Å². The second-order valence-electron chi connectivity index (χ2n) is 5.20. The number of carboxylic acids is 1. The Labute approximate surface area is 142 Å². The summed E-state index contributed by atoms with van der Waals surface area (Å²) in [5.41, 5.74) is 0.831. The summed E-state index contributed by atoms with van der Waals surface area (Å²) in [6.07, 6.45) is 0.429. The van der Waals surface area contributed by atoms with E-state index < -0.39 is 22.0 Å². The van der Waals surface area contributed by atoms with Crippen molar-refractivity contribution in [3.63, 3.8) is 0 Å². The molecule has 0 amide bonds. The number of para-hydroxylation sites is 1. The van der Waals surface area contributed by atoms with Crippen LogP contribution in [0.25, 0.3) is 0 Å². The molecule has 128 valence electrons. The molecule has 9 heteroatoms. The van der Waals surface area contributed by atoms with Gasteiger partial charge in [-0.1, -0.05) is 12.1 Å². The fourth-order valence-electron chi connectivity index (χ4n) is 2.58. The number of ether oxygens (including phenoxy) is 2. The van der Waals surface area contributed by atoms with Crippen LogP contribution in [0.15, 0.2) is 34.5 Å². The molecule has 1 aliphatic rings. The lowest BCUT2D eigenvalue weighted by atomic mass is 10.0. The number of hydrogen-bond donors (Lipinski definition) is 2. The molecule has 1 unspecified atom stereocenters. The molecule has 2 N–H and O–H groups in total. The first kappa shape index (κ1) is 16.7. The van der Waals surface area contributed by atoms with Crippen molar-refractivity contribution in [2.45, 2.75) is 17.4 Å². The van der Waals surface area contributed by atoms with Crippen molar-refractivity contribution in [3.8, 4) is 11.5 Å². The van der Waals surface area contributed by atoms with Crippen LogP contribution in [0.4, 0.5) is 0 Å². The van der Waals surface area contributed by atoms with Gasteiger partial charge in [-0.25, -0.2) is 17.9 Å². The van der Waals surface area contributed by atoms with Gasteiger partial charge < -0.3 is 14.6 Å². The first-order valence-electron chi connectivity index (χ1n) is 7.04. The van der Waals surface area contributed by atoms with Crippen LogP contribution in [-0.2, 0) is 16.4 Å². The molecule has 1 aliphatic heterocycles. The molecule has 1 atom stereocenters. The summed E-state index contributed by atoms with van der Waals surface area (Å²) in [6.45, 7) is 0.138. The lowest BCUT2D eigenvalue weighted by Crippen LogP contribution is -2.42. The standard InChI is InChI=1S/C15H15NO6S2/c1-21-11-4-2-3-9-7-10(8-22-13(9)11)16-24(19,20)12-5-6-23-14(12)15(17)18/h2-6,10,16H,7-8H2,1H3,(H,17,18). The smallest absolute Gasteiger partial charge is 0.347 e. The van der Waals surface area contributed by atoms with Crippen LogP contribution in [-0.4, -0.2) is 39.3 Å². The summed E-state index contributed by atoms with van der Waals surface area (Å²) in [7, 11) is -2.40. The average Bonchev–Trinajstić information content (AvgIpc) is 3.04. The van der Waals surface area contributed by atoms with E-state index in [4.69, 9.17) is 14.6 Å². The average molecular weight is 369 g/mol. The minimum absolute atomic E-state index is 0.138. The number of carbonyl (C=O) groups is 1. The third-order valence-corrected chi connectivity index (χ3v) is 6.20. The minimum atomic E-state index is -3.94. The van der Waals surface area contributed by atoms with Gasteiger partial charge in [0, 0.05) is 0 Å². The van der Waals surface area contributed by atoms with E-state index >= 15 is 0 Å². The zero-order chi connectivity index (χ0) is 17.3. The van der Waals surface area contributed by atoms with E-state index in [0.29, 0.717) is 17.9 Å². The molecule has 0 spiro atoms. The fraction of sp³-hybridized carbons (Fsp3) is 0.267. The third-order valence-electron chi connectivity index (χ3n) is 3.61. The molecule has 0 aliphatic carbocycles. The molecule has 2 heterocycles. The van der Waals surface area contributed by atoms with Crippen LogP contribution < -0.4 is 14.2 Å². The Kier molecular flexibility index (Phi) is 4.48. The van der Waals surface area contributed by atoms with Gasteiger partial charge in [-0.3, -0.25) is 0 Å². The highest BCUT2D eigenvalue weighted by Gasteiger charge is 2.30. The molecule has 24 heavy (non-hydrogen) atoms. The first-order chi connectivity index (χ1) is 11.4. The fourth-order valence-corrected chi connectivity index (χ4v) is 5.06. The maximum atomic E-state index is 12.5. The number of aromatic carboxylic acids is 1.